The van der Waals surface area contributed by atoms with Crippen LogP contribution >= 0.6 is 11.8 Å². The third-order valence-electron chi connectivity index (χ3n) is 4.97. The lowest BCUT2D eigenvalue weighted by molar-refractivity contribution is -0.143. The number of anilines is 1. The van der Waals surface area contributed by atoms with Gasteiger partial charge in [0, 0.05) is 11.4 Å². The molecule has 1 aromatic heterocycles. The van der Waals surface area contributed by atoms with Gasteiger partial charge in [0.05, 0.1) is 30.3 Å². The number of methoxy groups -OCH3 is 1. The topological polar surface area (TPSA) is 93.3 Å². The first-order valence-corrected chi connectivity index (χ1v) is 11.4. The van der Waals surface area contributed by atoms with Crippen molar-refractivity contribution in [2.75, 3.05) is 18.2 Å². The van der Waals surface area contributed by atoms with Crippen molar-refractivity contribution in [2.24, 2.45) is 0 Å². The van der Waals surface area contributed by atoms with Crippen LogP contribution in [-0.2, 0) is 9.53 Å². The minimum absolute atomic E-state index is 0.264. The van der Waals surface area contributed by atoms with Crippen LogP contribution in [0.1, 0.15) is 57.6 Å². The number of carbonyl (C=O) groups excluding carboxylic acids is 1. The third-order valence-corrected chi connectivity index (χ3v) is 5.93. The van der Waals surface area contributed by atoms with Crippen molar-refractivity contribution < 1.29 is 14.3 Å². The number of aromatic nitrogens is 2. The molecule has 0 unspecified atom stereocenters. The first-order valence-electron chi connectivity index (χ1n) is 10.4. The molecule has 0 aliphatic carbocycles. The number of thioether (sulfide) groups is 1. The fraction of sp³-hybridized carbons (Fsp3) is 0.435. The van der Waals surface area contributed by atoms with Crippen LogP contribution in [0, 0.1) is 0 Å². The van der Waals surface area contributed by atoms with Gasteiger partial charge >= 0.3 is 5.97 Å². The quantitative estimate of drug-likeness (QED) is 0.269. The molecular weight excluding hydrogens is 414 g/mol. The maximum atomic E-state index is 13.2. The van der Waals surface area contributed by atoms with E-state index in [4.69, 9.17) is 9.47 Å². The summed E-state index contributed by atoms with van der Waals surface area (Å²) < 4.78 is 10.8. The van der Waals surface area contributed by atoms with E-state index in [-0.39, 0.29) is 11.7 Å². The normalized spacial score (nSPS) is 15.5. The summed E-state index contributed by atoms with van der Waals surface area (Å²) in [6.45, 7) is 7.53. The number of nitrogens with one attached hydrogen (secondary N) is 2. The van der Waals surface area contributed by atoms with Gasteiger partial charge in [-0.2, -0.15) is 0 Å². The standard InChI is InChI=1S/C23H29N3O4S/c1-6-7-12-31-23-25-20-19(21(27)26-23)18(15-8-10-16(29-5)11-9-15)17(14(4)24-20)22(28)30-13(2)3/h8-11,13,18H,6-7,12H2,1-5H3,(H2,24,25,26,27)/t18-/m1/s1. The number of fused-ring (bicyclic) bond motifs is 1. The number of benzene rings is 1. The van der Waals surface area contributed by atoms with Crippen LogP contribution in [0.3, 0.4) is 0 Å². The Morgan fingerprint density at radius 3 is 2.58 bits per heavy atom. The molecule has 1 atom stereocenters. The zero-order chi connectivity index (χ0) is 22.5. The maximum absolute atomic E-state index is 13.2. The van der Waals surface area contributed by atoms with E-state index >= 15 is 0 Å². The van der Waals surface area contributed by atoms with Gasteiger partial charge in [-0.25, -0.2) is 9.78 Å². The van der Waals surface area contributed by atoms with Crippen LogP contribution in [0.5, 0.6) is 5.75 Å². The number of rotatable bonds is 8. The largest absolute Gasteiger partial charge is 0.497 e. The van der Waals surface area contributed by atoms with Crippen molar-refractivity contribution in [1.82, 2.24) is 9.97 Å². The zero-order valence-corrected chi connectivity index (χ0v) is 19.4. The van der Waals surface area contributed by atoms with E-state index in [1.54, 1.807) is 21.0 Å². The molecule has 2 aromatic rings. The van der Waals surface area contributed by atoms with E-state index in [9.17, 15) is 9.59 Å². The molecule has 0 radical (unpaired) electrons. The molecule has 31 heavy (non-hydrogen) atoms. The van der Waals surface area contributed by atoms with Crippen molar-refractivity contribution in [2.45, 2.75) is 57.7 Å². The Morgan fingerprint density at radius 2 is 1.97 bits per heavy atom. The molecule has 0 bridgehead atoms. The van der Waals surface area contributed by atoms with Crippen molar-refractivity contribution >= 4 is 23.5 Å². The highest BCUT2D eigenvalue weighted by molar-refractivity contribution is 7.99. The second kappa shape index (κ2) is 10.0. The van der Waals surface area contributed by atoms with Crippen molar-refractivity contribution in [3.63, 3.8) is 0 Å². The second-order valence-electron chi connectivity index (χ2n) is 7.66. The predicted octanol–water partition coefficient (Wildman–Crippen LogP) is 4.45. The third kappa shape index (κ3) is 5.12. The zero-order valence-electron chi connectivity index (χ0n) is 18.6. The molecule has 3 rings (SSSR count). The Hall–Kier alpha value is -2.74. The summed E-state index contributed by atoms with van der Waals surface area (Å²) in [7, 11) is 1.59. The number of esters is 1. The van der Waals surface area contributed by atoms with Crippen LogP contribution in [0.25, 0.3) is 0 Å². The number of ether oxygens (including phenoxy) is 2. The van der Waals surface area contributed by atoms with Crippen LogP contribution in [0.15, 0.2) is 45.5 Å². The Kier molecular flexibility index (Phi) is 7.43. The second-order valence-corrected chi connectivity index (χ2v) is 8.74. The van der Waals surface area contributed by atoms with Crippen molar-refractivity contribution in [3.05, 3.63) is 57.0 Å². The summed E-state index contributed by atoms with van der Waals surface area (Å²) in [6, 6.07) is 7.35. The van der Waals surface area contributed by atoms with E-state index in [2.05, 4.69) is 22.2 Å². The summed E-state index contributed by atoms with van der Waals surface area (Å²) in [5.74, 6) is 0.995. The van der Waals surface area contributed by atoms with Crippen LogP contribution in [-0.4, -0.2) is 34.9 Å². The first kappa shape index (κ1) is 22.9. The molecule has 0 spiro atoms. The fourth-order valence-corrected chi connectivity index (χ4v) is 4.44. The molecule has 7 nitrogen and oxygen atoms in total. The summed E-state index contributed by atoms with van der Waals surface area (Å²) in [5, 5.41) is 3.74. The molecule has 0 fully saturated rings. The van der Waals surface area contributed by atoms with E-state index < -0.39 is 11.9 Å². The van der Waals surface area contributed by atoms with Crippen LogP contribution in [0.2, 0.25) is 0 Å². The van der Waals surface area contributed by atoms with Gasteiger partial charge < -0.3 is 19.8 Å². The van der Waals surface area contributed by atoms with Crippen molar-refractivity contribution in [1.29, 1.82) is 0 Å². The van der Waals surface area contributed by atoms with Gasteiger partial charge in [0.25, 0.3) is 5.56 Å². The Bertz CT molecular complexity index is 1030. The molecule has 8 heteroatoms. The van der Waals surface area contributed by atoms with Gasteiger partial charge in [-0.15, -0.1) is 0 Å². The Labute approximate surface area is 186 Å². The smallest absolute Gasteiger partial charge is 0.337 e. The highest BCUT2D eigenvalue weighted by Gasteiger charge is 2.36. The van der Waals surface area contributed by atoms with Gasteiger partial charge in [-0.3, -0.25) is 4.79 Å². The summed E-state index contributed by atoms with van der Waals surface area (Å²) in [4.78, 5) is 33.7. The minimum atomic E-state index is -0.598. The lowest BCUT2D eigenvalue weighted by Gasteiger charge is -2.29. The molecule has 0 saturated heterocycles. The maximum Gasteiger partial charge on any atom is 0.337 e. The molecule has 2 N–H and O–H groups in total. The number of hydrogen-bond donors (Lipinski definition) is 2. The highest BCUT2D eigenvalue weighted by atomic mass is 32.2. The summed E-state index contributed by atoms with van der Waals surface area (Å²) >= 11 is 1.52. The lowest BCUT2D eigenvalue weighted by atomic mass is 9.82. The molecule has 166 valence electrons. The molecular formula is C23H29N3O4S. The highest BCUT2D eigenvalue weighted by Crippen LogP contribution is 2.40. The molecule has 0 saturated carbocycles. The number of nitrogens with zero attached hydrogens (tertiary/aromatic N) is 1. The molecule has 1 aromatic carbocycles. The molecule has 0 amide bonds. The van der Waals surface area contributed by atoms with E-state index in [1.807, 2.05) is 31.2 Å². The van der Waals surface area contributed by atoms with Crippen LogP contribution < -0.4 is 15.6 Å². The van der Waals surface area contributed by atoms with Crippen LogP contribution in [0.4, 0.5) is 5.82 Å². The predicted molar refractivity (Wildman–Crippen MR) is 123 cm³/mol. The first-order chi connectivity index (χ1) is 14.8. The summed E-state index contributed by atoms with van der Waals surface area (Å²) in [6.07, 6.45) is 1.83. The van der Waals surface area contributed by atoms with Gasteiger partial charge in [0.2, 0.25) is 0 Å². The molecule has 1 aliphatic rings. The average molecular weight is 444 g/mol. The Balaban J connectivity index is 2.12. The fourth-order valence-electron chi connectivity index (χ4n) is 3.49. The number of hydrogen-bond acceptors (Lipinski definition) is 7. The van der Waals surface area contributed by atoms with Gasteiger partial charge in [0.1, 0.15) is 11.6 Å². The lowest BCUT2D eigenvalue weighted by Crippen LogP contribution is -2.31. The molecule has 1 aliphatic heterocycles. The number of H-pyrrole nitrogens is 1. The number of carbonyl (C=O) groups is 1. The van der Waals surface area contributed by atoms with E-state index in [0.29, 0.717) is 33.6 Å². The molecule has 2 heterocycles. The van der Waals surface area contributed by atoms with Crippen molar-refractivity contribution in [3.8, 4) is 5.75 Å². The van der Waals surface area contributed by atoms with E-state index in [1.165, 1.54) is 11.8 Å². The van der Waals surface area contributed by atoms with Gasteiger partial charge in [-0.1, -0.05) is 37.2 Å². The SMILES string of the molecule is CCCCSc1nc2c(c(=O)[nH]1)[C@H](c1ccc(OC)cc1)C(C(=O)OC(C)C)=C(C)N2. The van der Waals surface area contributed by atoms with Gasteiger partial charge in [-0.05, 0) is 44.9 Å². The number of allylic oxidation sites excluding steroid dienone is 1. The number of aromatic amines is 1. The monoisotopic (exact) mass is 443 g/mol. The van der Waals surface area contributed by atoms with E-state index in [0.717, 1.165) is 24.2 Å². The Morgan fingerprint density at radius 1 is 1.26 bits per heavy atom. The average Bonchev–Trinajstić information content (AvgIpc) is 2.72. The van der Waals surface area contributed by atoms with Gasteiger partial charge in [0.15, 0.2) is 5.16 Å². The summed E-state index contributed by atoms with van der Waals surface area (Å²) in [5.41, 5.74) is 1.97. The number of unbranched alkanes of at least 4 members (excludes halogenated alkanes) is 1. The minimum Gasteiger partial charge on any atom is -0.497 e.